The molecule has 0 aliphatic carbocycles. The van der Waals surface area contributed by atoms with Crippen LogP contribution in [0.1, 0.15) is 61.9 Å². The number of rotatable bonds is 10. The van der Waals surface area contributed by atoms with Crippen molar-refractivity contribution in [1.82, 2.24) is 10.2 Å². The van der Waals surface area contributed by atoms with Crippen molar-refractivity contribution in [1.29, 1.82) is 0 Å². The zero-order valence-corrected chi connectivity index (χ0v) is 21.7. The number of ether oxygens (including phenoxy) is 2. The summed E-state index contributed by atoms with van der Waals surface area (Å²) >= 11 is 0. The van der Waals surface area contributed by atoms with Gasteiger partial charge in [-0.3, -0.25) is 14.4 Å². The number of amidine groups is 1. The van der Waals surface area contributed by atoms with Gasteiger partial charge in [-0.05, 0) is 38.8 Å². The van der Waals surface area contributed by atoms with E-state index in [1.165, 1.54) is 36.1 Å². The molecule has 5 N–H and O–H groups in total. The first-order valence-electron chi connectivity index (χ1n) is 12.8. The van der Waals surface area contributed by atoms with Crippen LogP contribution in [0.2, 0.25) is 0 Å². The first-order valence-corrected chi connectivity index (χ1v) is 12.8. The molecule has 0 spiro atoms. The number of amides is 1. The molecule has 0 aromatic heterocycles. The van der Waals surface area contributed by atoms with E-state index in [1.54, 1.807) is 6.92 Å². The summed E-state index contributed by atoms with van der Waals surface area (Å²) in [5, 5.41) is 24.4. The van der Waals surface area contributed by atoms with E-state index >= 15 is 0 Å². The van der Waals surface area contributed by atoms with Crippen molar-refractivity contribution < 1.29 is 39.0 Å². The number of benzene rings is 1. The SMILES string of the molecule is CC(=O)OC(OC1CCNCC1)(C(=O)C(C)CC(=O)c1ccc(C(N)=NO)cc1)C1CCN(C(=O)O)CC1. The molecule has 38 heavy (non-hydrogen) atoms. The fourth-order valence-corrected chi connectivity index (χ4v) is 5.06. The van der Waals surface area contributed by atoms with E-state index in [4.69, 9.17) is 20.4 Å². The molecule has 2 fully saturated rings. The van der Waals surface area contributed by atoms with Gasteiger partial charge in [-0.25, -0.2) is 4.79 Å². The predicted molar refractivity (Wildman–Crippen MR) is 136 cm³/mol. The summed E-state index contributed by atoms with van der Waals surface area (Å²) in [6.45, 7) is 4.52. The molecule has 2 aliphatic rings. The van der Waals surface area contributed by atoms with E-state index in [0.29, 0.717) is 37.1 Å². The lowest BCUT2D eigenvalue weighted by atomic mass is 9.80. The van der Waals surface area contributed by atoms with Gasteiger partial charge in [0.15, 0.2) is 11.6 Å². The number of oxime groups is 1. The molecule has 1 amide bonds. The number of esters is 1. The molecular formula is C26H36N4O8. The van der Waals surface area contributed by atoms with Gasteiger partial charge in [-0.15, -0.1) is 0 Å². The van der Waals surface area contributed by atoms with Crippen LogP contribution in [0.5, 0.6) is 0 Å². The van der Waals surface area contributed by atoms with Gasteiger partial charge in [0.1, 0.15) is 0 Å². The number of likely N-dealkylation sites (tertiary alicyclic amines) is 1. The second-order valence-electron chi connectivity index (χ2n) is 9.83. The molecule has 2 unspecified atom stereocenters. The minimum Gasteiger partial charge on any atom is -0.465 e. The highest BCUT2D eigenvalue weighted by Gasteiger charge is 2.54. The molecule has 2 aliphatic heterocycles. The molecule has 12 heteroatoms. The Morgan fingerprint density at radius 1 is 1.11 bits per heavy atom. The molecule has 2 heterocycles. The van der Waals surface area contributed by atoms with Crippen molar-refractivity contribution >= 4 is 29.5 Å². The first kappa shape index (κ1) is 29.1. The lowest BCUT2D eigenvalue weighted by Crippen LogP contribution is -2.58. The molecule has 0 radical (unpaired) electrons. The van der Waals surface area contributed by atoms with E-state index in [1.807, 2.05) is 0 Å². The van der Waals surface area contributed by atoms with Gasteiger partial charge < -0.3 is 35.7 Å². The summed E-state index contributed by atoms with van der Waals surface area (Å²) in [6.07, 6.45) is 0.219. The van der Waals surface area contributed by atoms with Crippen LogP contribution in [-0.2, 0) is 19.1 Å². The quantitative estimate of drug-likeness (QED) is 0.0661. The second kappa shape index (κ2) is 12.8. The number of Topliss-reactive ketones (excluding diaryl/α,β-unsaturated/α-hetero) is 2. The van der Waals surface area contributed by atoms with Crippen molar-refractivity contribution in [3.8, 4) is 0 Å². The molecule has 2 saturated heterocycles. The third-order valence-corrected chi connectivity index (χ3v) is 7.12. The Bertz CT molecular complexity index is 1050. The Labute approximate surface area is 221 Å². The highest BCUT2D eigenvalue weighted by Crippen LogP contribution is 2.38. The largest absolute Gasteiger partial charge is 0.465 e. The molecule has 3 rings (SSSR count). The average Bonchev–Trinajstić information content (AvgIpc) is 2.92. The van der Waals surface area contributed by atoms with Crippen LogP contribution in [0, 0.1) is 11.8 Å². The molecule has 2 atom stereocenters. The first-order chi connectivity index (χ1) is 18.1. The molecule has 1 aromatic carbocycles. The summed E-state index contributed by atoms with van der Waals surface area (Å²) < 4.78 is 12.1. The van der Waals surface area contributed by atoms with E-state index in [9.17, 15) is 24.3 Å². The van der Waals surface area contributed by atoms with Crippen LogP contribution in [0.15, 0.2) is 29.4 Å². The summed E-state index contributed by atoms with van der Waals surface area (Å²) in [5.41, 5.74) is 6.35. The van der Waals surface area contributed by atoms with Crippen molar-refractivity contribution in [3.63, 3.8) is 0 Å². The summed E-state index contributed by atoms with van der Waals surface area (Å²) in [7, 11) is 0. The number of carbonyl (C=O) groups excluding carboxylic acids is 3. The highest BCUT2D eigenvalue weighted by molar-refractivity contribution is 6.02. The number of nitrogens with zero attached hydrogens (tertiary/aromatic N) is 2. The van der Waals surface area contributed by atoms with Gasteiger partial charge in [-0.1, -0.05) is 36.3 Å². The van der Waals surface area contributed by atoms with Gasteiger partial charge in [0.05, 0.1) is 6.10 Å². The summed E-state index contributed by atoms with van der Waals surface area (Å²) in [4.78, 5) is 52.2. The van der Waals surface area contributed by atoms with E-state index in [0.717, 1.165) is 0 Å². The minimum absolute atomic E-state index is 0.0947. The Balaban J connectivity index is 1.86. The number of hydrogen-bond acceptors (Lipinski definition) is 9. The maximum absolute atomic E-state index is 14.1. The van der Waals surface area contributed by atoms with E-state index in [2.05, 4.69) is 10.5 Å². The molecule has 12 nitrogen and oxygen atoms in total. The third kappa shape index (κ3) is 6.87. The predicted octanol–water partition coefficient (Wildman–Crippen LogP) is 1.98. The van der Waals surface area contributed by atoms with Gasteiger partial charge in [0.25, 0.3) is 5.79 Å². The fraction of sp³-hybridized carbons (Fsp3) is 0.577. The van der Waals surface area contributed by atoms with Gasteiger partial charge in [-0.2, -0.15) is 0 Å². The molecular weight excluding hydrogens is 496 g/mol. The Hall–Kier alpha value is -3.51. The van der Waals surface area contributed by atoms with Crippen LogP contribution in [0.25, 0.3) is 0 Å². The smallest absolute Gasteiger partial charge is 0.407 e. The molecule has 1 aromatic rings. The van der Waals surface area contributed by atoms with Crippen LogP contribution in [0.4, 0.5) is 4.79 Å². The van der Waals surface area contributed by atoms with Crippen molar-refractivity contribution in [2.75, 3.05) is 26.2 Å². The minimum atomic E-state index is -1.92. The summed E-state index contributed by atoms with van der Waals surface area (Å²) in [6, 6.07) is 6.13. The third-order valence-electron chi connectivity index (χ3n) is 7.12. The number of hydrogen-bond donors (Lipinski definition) is 4. The number of carboxylic acid groups (broad SMARTS) is 1. The monoisotopic (exact) mass is 532 g/mol. The summed E-state index contributed by atoms with van der Waals surface area (Å²) in [5.74, 6) is -4.95. The lowest BCUT2D eigenvalue weighted by molar-refractivity contribution is -0.268. The highest BCUT2D eigenvalue weighted by atomic mass is 16.7. The molecule has 208 valence electrons. The molecule has 0 saturated carbocycles. The standard InChI is InChI=1S/C26H36N4O8/c1-16(15-22(32)18-3-5-19(6-4-18)24(27)29-36)23(33)26(37-17(2)31,38-21-7-11-28-12-8-21)20-9-13-30(14-10-20)25(34)35/h3-6,16,20-21,28,36H,7-15H2,1-2H3,(H2,27,29)(H,34,35). The van der Waals surface area contributed by atoms with Gasteiger partial charge >= 0.3 is 12.1 Å². The van der Waals surface area contributed by atoms with Crippen LogP contribution < -0.4 is 11.1 Å². The number of nitrogens with one attached hydrogen (secondary N) is 1. The second-order valence-corrected chi connectivity index (χ2v) is 9.83. The lowest BCUT2D eigenvalue weighted by Gasteiger charge is -2.44. The normalized spacial score (nSPS) is 19.8. The maximum atomic E-state index is 14.1. The number of piperidine rings is 2. The van der Waals surface area contributed by atoms with E-state index < -0.39 is 35.5 Å². The van der Waals surface area contributed by atoms with Crippen molar-refractivity contribution in [2.24, 2.45) is 22.7 Å². The number of carbonyl (C=O) groups is 4. The topological polar surface area (TPSA) is 181 Å². The zero-order chi connectivity index (χ0) is 27.9. The van der Waals surface area contributed by atoms with Gasteiger partial charge in [0, 0.05) is 49.4 Å². The average molecular weight is 533 g/mol. The van der Waals surface area contributed by atoms with Crippen LogP contribution >= 0.6 is 0 Å². The van der Waals surface area contributed by atoms with Gasteiger partial charge in [0.2, 0.25) is 5.78 Å². The zero-order valence-electron chi connectivity index (χ0n) is 21.7. The van der Waals surface area contributed by atoms with Crippen molar-refractivity contribution in [3.05, 3.63) is 35.4 Å². The van der Waals surface area contributed by atoms with Crippen LogP contribution in [-0.4, -0.2) is 82.7 Å². The Morgan fingerprint density at radius 3 is 2.21 bits per heavy atom. The Kier molecular flexibility index (Phi) is 9.81. The number of nitrogens with two attached hydrogens (primary N) is 1. The maximum Gasteiger partial charge on any atom is 0.407 e. The van der Waals surface area contributed by atoms with E-state index in [-0.39, 0.29) is 50.1 Å². The fourth-order valence-electron chi connectivity index (χ4n) is 5.06. The Morgan fingerprint density at radius 2 is 1.68 bits per heavy atom. The van der Waals surface area contributed by atoms with Crippen LogP contribution in [0.3, 0.4) is 0 Å². The molecule has 0 bridgehead atoms. The number of ketones is 2. The van der Waals surface area contributed by atoms with Crippen molar-refractivity contribution in [2.45, 2.75) is 57.8 Å².